The van der Waals surface area contributed by atoms with Crippen LogP contribution in [0.2, 0.25) is 0 Å². The second kappa shape index (κ2) is 4.84. The number of likely N-dealkylation sites (tertiary alicyclic amines) is 1. The van der Waals surface area contributed by atoms with E-state index >= 15 is 0 Å². The van der Waals surface area contributed by atoms with Crippen LogP contribution in [0.1, 0.15) is 27.2 Å². The summed E-state index contributed by atoms with van der Waals surface area (Å²) >= 11 is 0. The van der Waals surface area contributed by atoms with E-state index in [9.17, 15) is 4.79 Å². The molecule has 2 aliphatic rings. The van der Waals surface area contributed by atoms with Gasteiger partial charge in [0.15, 0.2) is 0 Å². The molecule has 1 unspecified atom stereocenters. The summed E-state index contributed by atoms with van der Waals surface area (Å²) < 4.78 is 5.28. The predicted molar refractivity (Wildman–Crippen MR) is 66.9 cm³/mol. The molecular formula is C13H24N2O2. The van der Waals surface area contributed by atoms with Gasteiger partial charge in [-0.05, 0) is 17.8 Å². The first-order chi connectivity index (χ1) is 7.98. The minimum absolute atomic E-state index is 0.208. The van der Waals surface area contributed by atoms with Crippen molar-refractivity contribution in [2.45, 2.75) is 27.2 Å². The number of hydrogen-bond donors (Lipinski definition) is 0. The van der Waals surface area contributed by atoms with Crippen LogP contribution < -0.4 is 0 Å². The van der Waals surface area contributed by atoms with E-state index in [-0.39, 0.29) is 6.03 Å². The zero-order chi connectivity index (χ0) is 12.5. The molecule has 4 heteroatoms. The first-order valence-electron chi connectivity index (χ1n) is 6.60. The van der Waals surface area contributed by atoms with Crippen molar-refractivity contribution >= 4 is 6.03 Å². The highest BCUT2D eigenvalue weighted by Crippen LogP contribution is 2.33. The Labute approximate surface area is 104 Å². The number of carbonyl (C=O) groups is 1. The van der Waals surface area contributed by atoms with Crippen molar-refractivity contribution in [2.75, 3.05) is 39.4 Å². The van der Waals surface area contributed by atoms with Crippen LogP contribution in [0.5, 0.6) is 0 Å². The molecule has 2 heterocycles. The maximum Gasteiger partial charge on any atom is 0.320 e. The summed E-state index contributed by atoms with van der Waals surface area (Å²) in [5, 5.41) is 0. The third kappa shape index (κ3) is 2.92. The standard InChI is InChI=1S/C13H24N2O2/c1-13(2,3)11-4-5-15(10-11)12(16)14-6-8-17-9-7-14/h11H,4-10H2,1-3H3. The smallest absolute Gasteiger partial charge is 0.320 e. The summed E-state index contributed by atoms with van der Waals surface area (Å²) in [6.45, 7) is 11.5. The zero-order valence-electron chi connectivity index (χ0n) is 11.2. The number of rotatable bonds is 0. The molecular weight excluding hydrogens is 216 g/mol. The molecule has 0 radical (unpaired) electrons. The van der Waals surface area contributed by atoms with Crippen molar-refractivity contribution in [1.29, 1.82) is 0 Å². The van der Waals surface area contributed by atoms with Crippen LogP contribution in [-0.4, -0.2) is 55.2 Å². The normalized spacial score (nSPS) is 26.4. The summed E-state index contributed by atoms with van der Waals surface area (Å²) in [7, 11) is 0. The summed E-state index contributed by atoms with van der Waals surface area (Å²) in [5.41, 5.74) is 0.306. The lowest BCUT2D eigenvalue weighted by atomic mass is 9.80. The topological polar surface area (TPSA) is 32.8 Å². The van der Waals surface area contributed by atoms with E-state index in [4.69, 9.17) is 4.74 Å². The van der Waals surface area contributed by atoms with Crippen LogP contribution in [-0.2, 0) is 4.74 Å². The van der Waals surface area contributed by atoms with E-state index in [1.165, 1.54) is 0 Å². The molecule has 1 atom stereocenters. The van der Waals surface area contributed by atoms with Crippen LogP contribution in [0.3, 0.4) is 0 Å². The summed E-state index contributed by atoms with van der Waals surface area (Å²) in [4.78, 5) is 16.2. The molecule has 98 valence electrons. The van der Waals surface area contributed by atoms with Crippen LogP contribution in [0.4, 0.5) is 4.79 Å². The quantitative estimate of drug-likeness (QED) is 0.647. The lowest BCUT2D eigenvalue weighted by Gasteiger charge is -2.32. The number of carbonyl (C=O) groups excluding carboxylic acids is 1. The van der Waals surface area contributed by atoms with E-state index in [0.717, 1.165) is 32.6 Å². The molecule has 0 bridgehead atoms. The number of amides is 2. The summed E-state index contributed by atoms with van der Waals surface area (Å²) in [6, 6.07) is 0.208. The minimum atomic E-state index is 0.208. The fourth-order valence-electron chi connectivity index (χ4n) is 2.60. The molecule has 2 amide bonds. The van der Waals surface area contributed by atoms with Gasteiger partial charge in [-0.15, -0.1) is 0 Å². The van der Waals surface area contributed by atoms with Gasteiger partial charge < -0.3 is 14.5 Å². The Morgan fingerprint density at radius 1 is 1.12 bits per heavy atom. The van der Waals surface area contributed by atoms with Crippen molar-refractivity contribution in [3.05, 3.63) is 0 Å². The van der Waals surface area contributed by atoms with Crippen molar-refractivity contribution in [1.82, 2.24) is 9.80 Å². The number of hydrogen-bond acceptors (Lipinski definition) is 2. The summed E-state index contributed by atoms with van der Waals surface area (Å²) in [5.74, 6) is 0.632. The van der Waals surface area contributed by atoms with Gasteiger partial charge in [-0.3, -0.25) is 0 Å². The SMILES string of the molecule is CC(C)(C)C1CCN(C(=O)N2CCOCC2)C1. The largest absolute Gasteiger partial charge is 0.378 e. The predicted octanol–water partition coefficient (Wildman–Crippen LogP) is 1.81. The van der Waals surface area contributed by atoms with Gasteiger partial charge in [0.2, 0.25) is 0 Å². The molecule has 0 aromatic heterocycles. The van der Waals surface area contributed by atoms with Gasteiger partial charge in [0.1, 0.15) is 0 Å². The van der Waals surface area contributed by atoms with Crippen molar-refractivity contribution in [3.63, 3.8) is 0 Å². The Hall–Kier alpha value is -0.770. The molecule has 0 saturated carbocycles. The molecule has 4 nitrogen and oxygen atoms in total. The van der Waals surface area contributed by atoms with Gasteiger partial charge in [0.05, 0.1) is 13.2 Å². The maximum absolute atomic E-state index is 12.3. The van der Waals surface area contributed by atoms with Gasteiger partial charge in [-0.25, -0.2) is 4.79 Å². The van der Waals surface area contributed by atoms with Gasteiger partial charge in [0.25, 0.3) is 0 Å². The highest BCUT2D eigenvalue weighted by Gasteiger charge is 2.35. The van der Waals surface area contributed by atoms with Gasteiger partial charge in [-0.1, -0.05) is 20.8 Å². The lowest BCUT2D eigenvalue weighted by Crippen LogP contribution is -2.47. The minimum Gasteiger partial charge on any atom is -0.378 e. The highest BCUT2D eigenvalue weighted by atomic mass is 16.5. The molecule has 2 saturated heterocycles. The average Bonchev–Trinajstić information content (AvgIpc) is 2.78. The Morgan fingerprint density at radius 2 is 1.76 bits per heavy atom. The number of nitrogens with zero attached hydrogens (tertiary/aromatic N) is 2. The molecule has 17 heavy (non-hydrogen) atoms. The zero-order valence-corrected chi connectivity index (χ0v) is 11.2. The van der Waals surface area contributed by atoms with Gasteiger partial charge in [0, 0.05) is 26.2 Å². The average molecular weight is 240 g/mol. The van der Waals surface area contributed by atoms with Crippen molar-refractivity contribution < 1.29 is 9.53 Å². The second-order valence-corrected chi connectivity index (χ2v) is 6.18. The lowest BCUT2D eigenvalue weighted by molar-refractivity contribution is 0.0444. The van der Waals surface area contributed by atoms with Crippen LogP contribution in [0.15, 0.2) is 0 Å². The number of urea groups is 1. The maximum atomic E-state index is 12.3. The third-order valence-corrected chi connectivity index (χ3v) is 3.97. The van der Waals surface area contributed by atoms with Crippen LogP contribution in [0.25, 0.3) is 0 Å². The van der Waals surface area contributed by atoms with E-state index in [0.29, 0.717) is 24.5 Å². The molecule has 0 spiro atoms. The first kappa shape index (κ1) is 12.7. The highest BCUT2D eigenvalue weighted by molar-refractivity contribution is 5.74. The Morgan fingerprint density at radius 3 is 2.29 bits per heavy atom. The van der Waals surface area contributed by atoms with Crippen molar-refractivity contribution in [3.8, 4) is 0 Å². The molecule has 2 fully saturated rings. The third-order valence-electron chi connectivity index (χ3n) is 3.97. The fraction of sp³-hybridized carbons (Fsp3) is 0.923. The molecule has 2 aliphatic heterocycles. The molecule has 2 rings (SSSR count). The fourth-order valence-corrected chi connectivity index (χ4v) is 2.60. The first-order valence-corrected chi connectivity index (χ1v) is 6.60. The number of morpholine rings is 1. The van der Waals surface area contributed by atoms with E-state index in [1.54, 1.807) is 0 Å². The Bertz CT molecular complexity index is 280. The van der Waals surface area contributed by atoms with Crippen LogP contribution in [0, 0.1) is 11.3 Å². The van der Waals surface area contributed by atoms with E-state index in [1.807, 2.05) is 9.80 Å². The Balaban J connectivity index is 1.89. The van der Waals surface area contributed by atoms with Gasteiger partial charge >= 0.3 is 6.03 Å². The molecule has 0 aromatic rings. The van der Waals surface area contributed by atoms with E-state index < -0.39 is 0 Å². The number of ether oxygens (including phenoxy) is 1. The van der Waals surface area contributed by atoms with Gasteiger partial charge in [-0.2, -0.15) is 0 Å². The molecule has 0 aliphatic carbocycles. The molecule has 0 N–H and O–H groups in total. The summed E-state index contributed by atoms with van der Waals surface area (Å²) in [6.07, 6.45) is 1.14. The monoisotopic (exact) mass is 240 g/mol. The second-order valence-electron chi connectivity index (χ2n) is 6.18. The van der Waals surface area contributed by atoms with E-state index in [2.05, 4.69) is 20.8 Å². The molecule has 0 aromatic carbocycles. The van der Waals surface area contributed by atoms with Crippen molar-refractivity contribution in [2.24, 2.45) is 11.3 Å². The Kier molecular flexibility index (Phi) is 3.61. The van der Waals surface area contributed by atoms with Crippen LogP contribution >= 0.6 is 0 Å².